The number of fused-ring (bicyclic) bond motifs is 6. The molecule has 0 aromatic heterocycles. The van der Waals surface area contributed by atoms with E-state index in [4.69, 9.17) is 0 Å². The normalized spacial score (nSPS) is 50.9. The molecule has 0 amide bonds. The Morgan fingerprint density at radius 2 is 1.54 bits per heavy atom. The van der Waals surface area contributed by atoms with Crippen molar-refractivity contribution in [2.45, 2.75) is 136 Å². The SMILES string of the molecule is CCC1(C)CCCCN2C(CCC1)C1CCCC(C)CCCC1C1(C)CC21C. The number of hydrogen-bond donors (Lipinski definition) is 0. The molecule has 1 nitrogen and oxygen atoms in total. The first-order valence-corrected chi connectivity index (χ1v) is 13.1. The van der Waals surface area contributed by atoms with Gasteiger partial charge in [-0.25, -0.2) is 0 Å². The van der Waals surface area contributed by atoms with Gasteiger partial charge in [-0.1, -0.05) is 72.6 Å². The molecule has 2 aliphatic carbocycles. The lowest BCUT2D eigenvalue weighted by Gasteiger charge is -2.53. The topological polar surface area (TPSA) is 3.24 Å². The molecule has 7 atom stereocenters. The van der Waals surface area contributed by atoms with Gasteiger partial charge in [0, 0.05) is 11.6 Å². The van der Waals surface area contributed by atoms with Crippen LogP contribution < -0.4 is 0 Å². The summed E-state index contributed by atoms with van der Waals surface area (Å²) in [5.41, 5.74) is 1.75. The highest BCUT2D eigenvalue weighted by atomic mass is 15.3. The molecule has 0 bridgehead atoms. The van der Waals surface area contributed by atoms with Gasteiger partial charge in [0.05, 0.1) is 0 Å². The molecule has 162 valence electrons. The van der Waals surface area contributed by atoms with Crippen LogP contribution in [0.5, 0.6) is 0 Å². The minimum atomic E-state index is 0.520. The van der Waals surface area contributed by atoms with E-state index in [9.17, 15) is 0 Å². The summed E-state index contributed by atoms with van der Waals surface area (Å²) in [6.07, 6.45) is 20.6. The van der Waals surface area contributed by atoms with Crippen molar-refractivity contribution < 1.29 is 0 Å². The Morgan fingerprint density at radius 1 is 0.821 bits per heavy atom. The van der Waals surface area contributed by atoms with Gasteiger partial charge in [0.2, 0.25) is 0 Å². The molecule has 0 radical (unpaired) electrons. The number of hydrogen-bond acceptors (Lipinski definition) is 1. The predicted molar refractivity (Wildman–Crippen MR) is 122 cm³/mol. The van der Waals surface area contributed by atoms with E-state index in [1.807, 2.05) is 0 Å². The molecule has 2 saturated heterocycles. The fourth-order valence-electron chi connectivity index (χ4n) is 8.26. The van der Waals surface area contributed by atoms with Crippen molar-refractivity contribution in [3.05, 3.63) is 0 Å². The maximum atomic E-state index is 3.10. The quantitative estimate of drug-likeness (QED) is 0.443. The number of piperidine rings is 1. The van der Waals surface area contributed by atoms with Crippen LogP contribution in [-0.4, -0.2) is 23.0 Å². The minimum absolute atomic E-state index is 0.520. The van der Waals surface area contributed by atoms with Crippen LogP contribution >= 0.6 is 0 Å². The van der Waals surface area contributed by atoms with E-state index in [0.29, 0.717) is 16.4 Å². The van der Waals surface area contributed by atoms with Crippen LogP contribution in [0.3, 0.4) is 0 Å². The van der Waals surface area contributed by atoms with Crippen LogP contribution in [-0.2, 0) is 0 Å². The first kappa shape index (κ1) is 21.2. The monoisotopic (exact) mass is 387 g/mol. The smallest absolute Gasteiger partial charge is 0.0247 e. The van der Waals surface area contributed by atoms with Gasteiger partial charge in [-0.05, 0) is 87.0 Å². The van der Waals surface area contributed by atoms with E-state index < -0.39 is 0 Å². The van der Waals surface area contributed by atoms with Crippen LogP contribution in [0.1, 0.15) is 125 Å². The van der Waals surface area contributed by atoms with Gasteiger partial charge in [0.1, 0.15) is 0 Å². The summed E-state index contributed by atoms with van der Waals surface area (Å²) in [7, 11) is 0. The van der Waals surface area contributed by atoms with Gasteiger partial charge in [0.15, 0.2) is 0 Å². The van der Waals surface area contributed by atoms with Crippen molar-refractivity contribution in [2.75, 3.05) is 6.54 Å². The van der Waals surface area contributed by atoms with Crippen molar-refractivity contribution in [3.63, 3.8) is 0 Å². The van der Waals surface area contributed by atoms with E-state index in [1.54, 1.807) is 0 Å². The zero-order valence-corrected chi connectivity index (χ0v) is 19.9. The van der Waals surface area contributed by atoms with Crippen LogP contribution in [0.4, 0.5) is 0 Å². The third kappa shape index (κ3) is 3.61. The summed E-state index contributed by atoms with van der Waals surface area (Å²) in [4.78, 5) is 3.10. The Kier molecular flexibility index (Phi) is 5.98. The molecular formula is C27H49N. The highest BCUT2D eigenvalue weighted by Gasteiger charge is 2.72. The molecule has 2 aliphatic heterocycles. The highest BCUT2D eigenvalue weighted by Crippen LogP contribution is 2.71. The summed E-state index contributed by atoms with van der Waals surface area (Å²) in [5.74, 6) is 2.95. The Bertz CT molecular complexity index is 542. The van der Waals surface area contributed by atoms with E-state index in [1.165, 1.54) is 96.4 Å². The Morgan fingerprint density at radius 3 is 2.29 bits per heavy atom. The van der Waals surface area contributed by atoms with Crippen LogP contribution in [0.15, 0.2) is 0 Å². The average molecular weight is 388 g/mol. The van der Waals surface area contributed by atoms with Gasteiger partial charge in [-0.2, -0.15) is 0 Å². The third-order valence-corrected chi connectivity index (χ3v) is 10.7. The predicted octanol–water partition coefficient (Wildman–Crippen LogP) is 7.83. The zero-order valence-electron chi connectivity index (χ0n) is 19.9. The summed E-state index contributed by atoms with van der Waals surface area (Å²) < 4.78 is 0. The second-order valence-corrected chi connectivity index (χ2v) is 12.4. The van der Waals surface area contributed by atoms with E-state index in [0.717, 1.165) is 23.8 Å². The second kappa shape index (κ2) is 7.90. The van der Waals surface area contributed by atoms with Crippen molar-refractivity contribution >= 4 is 0 Å². The molecule has 4 aliphatic rings. The van der Waals surface area contributed by atoms with E-state index >= 15 is 0 Å². The molecule has 4 rings (SSSR count). The zero-order chi connectivity index (χ0) is 20.0. The fraction of sp³-hybridized carbons (Fsp3) is 1.00. The van der Waals surface area contributed by atoms with Crippen molar-refractivity contribution in [1.82, 2.24) is 4.90 Å². The molecule has 28 heavy (non-hydrogen) atoms. The van der Waals surface area contributed by atoms with Crippen LogP contribution in [0.2, 0.25) is 0 Å². The summed E-state index contributed by atoms with van der Waals surface area (Å²) in [6.45, 7) is 14.3. The Labute approximate surface area is 176 Å². The first-order valence-electron chi connectivity index (χ1n) is 13.1. The molecule has 2 heterocycles. The van der Waals surface area contributed by atoms with E-state index in [-0.39, 0.29) is 0 Å². The maximum absolute atomic E-state index is 3.10. The molecule has 2 saturated carbocycles. The van der Waals surface area contributed by atoms with E-state index in [2.05, 4.69) is 39.5 Å². The second-order valence-electron chi connectivity index (χ2n) is 12.4. The molecule has 0 aromatic rings. The van der Waals surface area contributed by atoms with Gasteiger partial charge in [-0.3, -0.25) is 4.90 Å². The number of rotatable bonds is 1. The third-order valence-electron chi connectivity index (χ3n) is 10.7. The molecule has 0 spiro atoms. The average Bonchev–Trinajstić information content (AvgIpc) is 3.21. The fourth-order valence-corrected chi connectivity index (χ4v) is 8.26. The maximum Gasteiger partial charge on any atom is 0.0247 e. The Hall–Kier alpha value is -0.0400. The standard InChI is InChI=1S/C27H49N/c1-6-25(3)17-7-8-19-28-24(16-11-18-25)22-14-9-12-21(2)13-10-15-23(22)26(4)20-27(26,28)5/h21-24H,6-20H2,1-5H3. The minimum Gasteiger partial charge on any atom is -0.294 e. The van der Waals surface area contributed by atoms with Crippen LogP contribution in [0.25, 0.3) is 0 Å². The first-order chi connectivity index (χ1) is 13.3. The summed E-state index contributed by atoms with van der Waals surface area (Å²) >= 11 is 0. The molecule has 0 N–H and O–H groups in total. The van der Waals surface area contributed by atoms with Crippen molar-refractivity contribution in [1.29, 1.82) is 0 Å². The molecule has 1 heteroatoms. The lowest BCUT2D eigenvalue weighted by molar-refractivity contribution is -0.0475. The summed E-state index contributed by atoms with van der Waals surface area (Å²) in [6, 6.07) is 0.887. The van der Waals surface area contributed by atoms with Gasteiger partial charge in [0.25, 0.3) is 0 Å². The van der Waals surface area contributed by atoms with Gasteiger partial charge < -0.3 is 0 Å². The molecular weight excluding hydrogens is 338 g/mol. The Balaban J connectivity index is 1.59. The summed E-state index contributed by atoms with van der Waals surface area (Å²) in [5, 5.41) is 0. The van der Waals surface area contributed by atoms with Crippen molar-refractivity contribution in [3.8, 4) is 0 Å². The lowest BCUT2D eigenvalue weighted by Crippen LogP contribution is -2.58. The molecule has 7 unspecified atom stereocenters. The molecule has 4 fully saturated rings. The van der Waals surface area contributed by atoms with Gasteiger partial charge >= 0.3 is 0 Å². The molecule has 0 aromatic carbocycles. The van der Waals surface area contributed by atoms with Gasteiger partial charge in [-0.15, -0.1) is 0 Å². The lowest BCUT2D eigenvalue weighted by atomic mass is 9.65. The highest BCUT2D eigenvalue weighted by molar-refractivity contribution is 5.25. The largest absolute Gasteiger partial charge is 0.294 e. The number of nitrogens with zero attached hydrogens (tertiary/aromatic N) is 1. The van der Waals surface area contributed by atoms with Crippen molar-refractivity contribution in [2.24, 2.45) is 28.6 Å². The van der Waals surface area contributed by atoms with Crippen LogP contribution in [0, 0.1) is 28.6 Å².